The van der Waals surface area contributed by atoms with E-state index in [-0.39, 0.29) is 30.2 Å². The van der Waals surface area contributed by atoms with Gasteiger partial charge in [-0.05, 0) is 49.1 Å². The molecule has 0 aliphatic carbocycles. The van der Waals surface area contributed by atoms with E-state index in [1.165, 1.54) is 6.07 Å². The number of aromatic nitrogens is 2. The predicted molar refractivity (Wildman–Crippen MR) is 170 cm³/mol. The van der Waals surface area contributed by atoms with Gasteiger partial charge in [0.25, 0.3) is 0 Å². The molecule has 6 N–H and O–H groups in total. The molecular formula is C32H47ClFN5O7. The van der Waals surface area contributed by atoms with E-state index in [0.717, 1.165) is 51.1 Å². The number of piperidine rings is 1. The van der Waals surface area contributed by atoms with E-state index in [1.54, 1.807) is 29.4 Å². The summed E-state index contributed by atoms with van der Waals surface area (Å²) in [5.41, 5.74) is 0.557. The van der Waals surface area contributed by atoms with Crippen molar-refractivity contribution in [2.75, 3.05) is 57.4 Å². The number of likely N-dealkylation sites (tertiary alicyclic amines) is 1. The molecule has 256 valence electrons. The molecule has 0 spiro atoms. The Morgan fingerprint density at radius 1 is 1.11 bits per heavy atom. The zero-order valence-corrected chi connectivity index (χ0v) is 27.0. The second kappa shape index (κ2) is 17.0. The van der Waals surface area contributed by atoms with Gasteiger partial charge in [-0.2, -0.15) is 0 Å². The number of anilines is 1. The van der Waals surface area contributed by atoms with E-state index < -0.39 is 36.8 Å². The molecule has 2 aliphatic heterocycles. The molecule has 0 bridgehead atoms. The van der Waals surface area contributed by atoms with Crippen molar-refractivity contribution in [1.29, 1.82) is 0 Å². The molecule has 4 rings (SSSR count). The summed E-state index contributed by atoms with van der Waals surface area (Å²) in [5, 5.41) is 51.3. The molecule has 2 aliphatic rings. The summed E-state index contributed by atoms with van der Waals surface area (Å²) < 4.78 is 20.6. The third kappa shape index (κ3) is 10.2. The lowest BCUT2D eigenvalue weighted by Crippen LogP contribution is -2.55. The van der Waals surface area contributed by atoms with E-state index in [4.69, 9.17) is 21.4 Å². The summed E-state index contributed by atoms with van der Waals surface area (Å²) in [6.45, 7) is 5.26. The summed E-state index contributed by atoms with van der Waals surface area (Å²) in [5.74, 6) is 0.628. The van der Waals surface area contributed by atoms with Crippen LogP contribution in [0.2, 0.25) is 5.02 Å². The van der Waals surface area contributed by atoms with E-state index in [1.807, 2.05) is 0 Å². The number of aliphatic hydroxyl groups is 5. The van der Waals surface area contributed by atoms with Crippen molar-refractivity contribution < 1.29 is 39.5 Å². The molecule has 12 nitrogen and oxygen atoms in total. The largest absolute Gasteiger partial charge is 0.493 e. The Kier molecular flexibility index (Phi) is 13.3. The van der Waals surface area contributed by atoms with Crippen molar-refractivity contribution in [1.82, 2.24) is 20.2 Å². The smallest absolute Gasteiger partial charge is 0.227 e. The van der Waals surface area contributed by atoms with Gasteiger partial charge >= 0.3 is 0 Å². The number of rotatable bonds is 17. The Hall–Kier alpha value is -2.65. The highest BCUT2D eigenvalue weighted by Crippen LogP contribution is 2.36. The molecule has 2 saturated heterocycles. The summed E-state index contributed by atoms with van der Waals surface area (Å²) in [6, 6.07) is 4.62. The lowest BCUT2D eigenvalue weighted by atomic mass is 9.76. The molecule has 2 aromatic rings. The second-order valence-electron chi connectivity index (χ2n) is 12.9. The Labute approximate surface area is 274 Å². The van der Waals surface area contributed by atoms with Gasteiger partial charge in [-0.25, -0.2) is 14.4 Å². The number of amides is 1. The average molecular weight is 668 g/mol. The van der Waals surface area contributed by atoms with Crippen LogP contribution in [0, 0.1) is 17.2 Å². The average Bonchev–Trinajstić information content (AvgIpc) is 3.02. The molecule has 3 heterocycles. The van der Waals surface area contributed by atoms with E-state index in [0.29, 0.717) is 42.6 Å². The van der Waals surface area contributed by atoms with Crippen molar-refractivity contribution in [3.05, 3.63) is 47.0 Å². The Balaban J connectivity index is 1.08. The number of ether oxygens (including phenoxy) is 1. The van der Waals surface area contributed by atoms with Crippen LogP contribution in [0.15, 0.2) is 30.6 Å². The maximum absolute atomic E-state index is 14.8. The van der Waals surface area contributed by atoms with Crippen LogP contribution in [-0.4, -0.2) is 123 Å². The summed E-state index contributed by atoms with van der Waals surface area (Å²) in [4.78, 5) is 25.1. The molecule has 46 heavy (non-hydrogen) atoms. The lowest BCUT2D eigenvalue weighted by molar-refractivity contribution is -0.136. The van der Waals surface area contributed by atoms with Gasteiger partial charge in [0.05, 0.1) is 43.2 Å². The van der Waals surface area contributed by atoms with Crippen molar-refractivity contribution in [2.24, 2.45) is 11.3 Å². The minimum absolute atomic E-state index is 0.0410. The second-order valence-corrected chi connectivity index (χ2v) is 13.3. The monoisotopic (exact) mass is 667 g/mol. The SMILES string of the molecule is CC1(CCCCOc2ccc(CC(=O)N3CC(CNCC(O)C(O)C(O)C(O)CO)C3)c(F)c2)CCN(c2ncc(Cl)cn2)CC1. The van der Waals surface area contributed by atoms with E-state index in [2.05, 4.69) is 27.1 Å². The number of carbonyl (C=O) groups is 1. The first kappa shape index (κ1) is 36.2. The van der Waals surface area contributed by atoms with Gasteiger partial charge in [0.1, 0.15) is 29.9 Å². The first-order chi connectivity index (χ1) is 22.0. The number of nitrogens with one attached hydrogen (secondary N) is 1. The number of hydrogen-bond donors (Lipinski definition) is 6. The summed E-state index contributed by atoms with van der Waals surface area (Å²) >= 11 is 5.90. The molecule has 1 aromatic carbocycles. The zero-order chi connectivity index (χ0) is 33.3. The van der Waals surface area contributed by atoms with Crippen LogP contribution in [0.3, 0.4) is 0 Å². The number of benzene rings is 1. The molecule has 0 radical (unpaired) electrons. The number of aliphatic hydroxyl groups excluding tert-OH is 5. The van der Waals surface area contributed by atoms with Crippen molar-refractivity contribution >= 4 is 23.5 Å². The number of unbranched alkanes of at least 4 members (excludes halogenated alkanes) is 1. The molecular weight excluding hydrogens is 621 g/mol. The highest BCUT2D eigenvalue weighted by atomic mass is 35.5. The fraction of sp³-hybridized carbons (Fsp3) is 0.656. The Bertz CT molecular complexity index is 1250. The van der Waals surface area contributed by atoms with Gasteiger partial charge in [-0.3, -0.25) is 4.79 Å². The number of carbonyl (C=O) groups excluding carboxylic acids is 1. The van der Waals surface area contributed by atoms with Gasteiger partial charge in [-0.15, -0.1) is 0 Å². The topological polar surface area (TPSA) is 172 Å². The zero-order valence-electron chi connectivity index (χ0n) is 26.3. The van der Waals surface area contributed by atoms with Crippen molar-refractivity contribution in [3.63, 3.8) is 0 Å². The number of nitrogens with zero attached hydrogens (tertiary/aromatic N) is 4. The minimum Gasteiger partial charge on any atom is -0.493 e. The first-order valence-corrected chi connectivity index (χ1v) is 16.3. The van der Waals surface area contributed by atoms with Gasteiger partial charge in [0, 0.05) is 51.3 Å². The highest BCUT2D eigenvalue weighted by molar-refractivity contribution is 6.30. The summed E-state index contributed by atoms with van der Waals surface area (Å²) in [6.07, 6.45) is 2.06. The third-order valence-corrected chi connectivity index (χ3v) is 9.29. The van der Waals surface area contributed by atoms with Crippen LogP contribution in [0.5, 0.6) is 5.75 Å². The number of hydrogen-bond acceptors (Lipinski definition) is 11. The normalized spacial score (nSPS) is 19.3. The maximum atomic E-state index is 14.8. The van der Waals surface area contributed by atoms with Crippen LogP contribution < -0.4 is 15.0 Å². The maximum Gasteiger partial charge on any atom is 0.227 e. The lowest BCUT2D eigenvalue weighted by Gasteiger charge is -2.39. The van der Waals surface area contributed by atoms with Crippen molar-refractivity contribution in [3.8, 4) is 5.75 Å². The Morgan fingerprint density at radius 3 is 2.43 bits per heavy atom. The van der Waals surface area contributed by atoms with Gasteiger partial charge in [-0.1, -0.05) is 24.6 Å². The standard InChI is InChI=1S/C32H47ClFN5O7/c1-32(7-9-38(10-8-32)31-36-15-23(33)16-37-31)6-2-3-11-46-24-5-4-22(25(34)13-24)12-28(43)39-18-21(19-39)14-35-17-26(41)29(44)30(45)27(42)20-40/h4-5,13,15-16,21,26-27,29-30,35,40-42,44-45H,2-3,6-12,14,17-20H2,1H3. The van der Waals surface area contributed by atoms with E-state index in [9.17, 15) is 29.6 Å². The quantitative estimate of drug-likeness (QED) is 0.134. The van der Waals surface area contributed by atoms with Crippen LogP contribution in [-0.2, 0) is 11.2 Å². The molecule has 1 amide bonds. The van der Waals surface area contributed by atoms with Gasteiger partial charge in [0.2, 0.25) is 11.9 Å². The number of halogens is 2. The van der Waals surface area contributed by atoms with Gasteiger partial charge < -0.3 is 45.4 Å². The molecule has 14 heteroatoms. The third-order valence-electron chi connectivity index (χ3n) is 9.09. The van der Waals surface area contributed by atoms with Crippen LogP contribution >= 0.6 is 11.6 Å². The molecule has 4 unspecified atom stereocenters. The van der Waals surface area contributed by atoms with Gasteiger partial charge in [0.15, 0.2) is 0 Å². The minimum atomic E-state index is -1.67. The molecule has 2 fully saturated rings. The molecule has 0 saturated carbocycles. The fourth-order valence-electron chi connectivity index (χ4n) is 5.87. The molecule has 1 aromatic heterocycles. The molecule has 4 atom stereocenters. The van der Waals surface area contributed by atoms with Crippen molar-refractivity contribution in [2.45, 2.75) is 69.9 Å². The van der Waals surface area contributed by atoms with Crippen LogP contribution in [0.1, 0.15) is 44.6 Å². The highest BCUT2D eigenvalue weighted by Gasteiger charge is 2.33. The van der Waals surface area contributed by atoms with Crippen LogP contribution in [0.4, 0.5) is 10.3 Å². The predicted octanol–water partition coefficient (Wildman–Crippen LogP) is 1.15. The fourth-order valence-corrected chi connectivity index (χ4v) is 5.96. The summed E-state index contributed by atoms with van der Waals surface area (Å²) in [7, 11) is 0. The Morgan fingerprint density at radius 2 is 1.78 bits per heavy atom. The van der Waals surface area contributed by atoms with Crippen LogP contribution in [0.25, 0.3) is 0 Å². The first-order valence-electron chi connectivity index (χ1n) is 15.9. The van der Waals surface area contributed by atoms with E-state index >= 15 is 0 Å².